The molecule has 0 bridgehead atoms. The van der Waals surface area contributed by atoms with Crippen LogP contribution in [0, 0.1) is 6.92 Å². The Morgan fingerprint density at radius 1 is 1.13 bits per heavy atom. The van der Waals surface area contributed by atoms with E-state index >= 15 is 0 Å². The third-order valence-corrected chi connectivity index (χ3v) is 6.69. The number of nitrogens with two attached hydrogens (primary N) is 1. The van der Waals surface area contributed by atoms with Crippen LogP contribution in [0.1, 0.15) is 23.4 Å². The third-order valence-electron chi connectivity index (χ3n) is 5.76. The lowest BCUT2D eigenvalue weighted by molar-refractivity contribution is -0.122. The maximum Gasteiger partial charge on any atom is 0.255 e. The van der Waals surface area contributed by atoms with E-state index in [2.05, 4.69) is 22.0 Å². The number of piperidine rings is 1. The van der Waals surface area contributed by atoms with Crippen LogP contribution in [0.3, 0.4) is 0 Å². The van der Waals surface area contributed by atoms with Gasteiger partial charge in [-0.1, -0.05) is 18.2 Å². The molecule has 0 radical (unpaired) electrons. The number of likely N-dealkylation sites (tertiary alicyclic amines) is 1. The Kier molecular flexibility index (Phi) is 4.89. The first-order chi connectivity index (χ1) is 14.6. The van der Waals surface area contributed by atoms with Crippen LogP contribution in [-0.2, 0) is 4.79 Å². The number of allylic oxidation sites excluding steroid dienone is 6. The van der Waals surface area contributed by atoms with Gasteiger partial charge >= 0.3 is 0 Å². The maximum atomic E-state index is 13.2. The van der Waals surface area contributed by atoms with Crippen LogP contribution in [0.2, 0.25) is 0 Å². The van der Waals surface area contributed by atoms with Gasteiger partial charge in [0.1, 0.15) is 0 Å². The molecule has 1 aromatic carbocycles. The van der Waals surface area contributed by atoms with Gasteiger partial charge in [0.2, 0.25) is 0 Å². The van der Waals surface area contributed by atoms with Crippen molar-refractivity contribution in [2.45, 2.75) is 25.8 Å². The highest BCUT2D eigenvalue weighted by Gasteiger charge is 2.23. The molecule has 0 atom stereocenters. The third kappa shape index (κ3) is 3.64. The number of fused-ring (bicyclic) bond motifs is 2. The molecule has 5 nitrogen and oxygen atoms in total. The minimum atomic E-state index is -0.0447. The zero-order chi connectivity index (χ0) is 20.7. The van der Waals surface area contributed by atoms with E-state index in [-0.39, 0.29) is 11.9 Å². The quantitative estimate of drug-likeness (QED) is 0.801. The number of aromatic nitrogens is 1. The fourth-order valence-corrected chi connectivity index (χ4v) is 4.94. The fourth-order valence-electron chi connectivity index (χ4n) is 4.07. The van der Waals surface area contributed by atoms with Crippen LogP contribution in [-0.4, -0.2) is 39.8 Å². The van der Waals surface area contributed by atoms with Crippen molar-refractivity contribution in [1.82, 2.24) is 14.8 Å². The minimum Gasteiger partial charge on any atom is -0.370 e. The molecule has 152 valence electrons. The van der Waals surface area contributed by atoms with Gasteiger partial charge < -0.3 is 10.6 Å². The second-order valence-corrected chi connectivity index (χ2v) is 9.12. The molecule has 0 aliphatic carbocycles. The lowest BCUT2D eigenvalue weighted by atomic mass is 10.0. The summed E-state index contributed by atoms with van der Waals surface area (Å²) in [7, 11) is 0. The van der Waals surface area contributed by atoms with Gasteiger partial charge in [0.25, 0.3) is 5.91 Å². The Morgan fingerprint density at radius 3 is 2.77 bits per heavy atom. The SMILES string of the molecule is Cc1nc2ccc(C3=C\C(=O)N4C=C(N5CCC(N)CC5)C=C\C4=C/C=C/3)cc2s1. The average molecular weight is 417 g/mol. The number of benzene rings is 1. The monoisotopic (exact) mass is 416 g/mol. The molecule has 3 aliphatic rings. The zero-order valence-electron chi connectivity index (χ0n) is 16.9. The van der Waals surface area contributed by atoms with E-state index in [0.717, 1.165) is 63.7 Å². The Balaban J connectivity index is 1.46. The zero-order valence-corrected chi connectivity index (χ0v) is 17.7. The van der Waals surface area contributed by atoms with E-state index in [1.807, 2.05) is 49.6 Å². The van der Waals surface area contributed by atoms with Crippen LogP contribution < -0.4 is 5.73 Å². The number of amides is 1. The molecule has 0 spiro atoms. The molecule has 0 unspecified atom stereocenters. The summed E-state index contributed by atoms with van der Waals surface area (Å²) in [5.74, 6) is -0.0447. The molecule has 5 rings (SSSR count). The molecule has 1 amide bonds. The highest BCUT2D eigenvalue weighted by molar-refractivity contribution is 7.18. The van der Waals surface area contributed by atoms with Gasteiger partial charge in [-0.3, -0.25) is 9.69 Å². The number of carbonyl (C=O) groups is 1. The first-order valence-electron chi connectivity index (χ1n) is 10.3. The van der Waals surface area contributed by atoms with E-state index in [9.17, 15) is 4.79 Å². The Labute approximate surface area is 180 Å². The molecule has 2 aromatic rings. The molecule has 30 heavy (non-hydrogen) atoms. The van der Waals surface area contributed by atoms with Crippen molar-refractivity contribution in [3.8, 4) is 0 Å². The lowest BCUT2D eigenvalue weighted by Gasteiger charge is -2.35. The first kappa shape index (κ1) is 19.0. The fraction of sp³-hybridized carbons (Fsp3) is 0.250. The summed E-state index contributed by atoms with van der Waals surface area (Å²) >= 11 is 1.67. The minimum absolute atomic E-state index is 0.0447. The van der Waals surface area contributed by atoms with Gasteiger partial charge in [0, 0.05) is 37.1 Å². The second-order valence-electron chi connectivity index (χ2n) is 7.89. The Morgan fingerprint density at radius 2 is 1.93 bits per heavy atom. The maximum absolute atomic E-state index is 13.2. The van der Waals surface area contributed by atoms with Crippen LogP contribution >= 0.6 is 11.3 Å². The average Bonchev–Trinajstić information content (AvgIpc) is 3.11. The van der Waals surface area contributed by atoms with Gasteiger partial charge in [-0.2, -0.15) is 0 Å². The largest absolute Gasteiger partial charge is 0.370 e. The van der Waals surface area contributed by atoms with E-state index < -0.39 is 0 Å². The van der Waals surface area contributed by atoms with Crippen LogP contribution in [0.25, 0.3) is 15.8 Å². The van der Waals surface area contributed by atoms with Crippen molar-refractivity contribution >= 4 is 33.0 Å². The summed E-state index contributed by atoms with van der Waals surface area (Å²) in [6, 6.07) is 6.45. The summed E-state index contributed by atoms with van der Waals surface area (Å²) in [6.45, 7) is 3.86. The molecule has 6 heteroatoms. The number of hydrogen-bond donors (Lipinski definition) is 1. The van der Waals surface area contributed by atoms with Crippen LogP contribution in [0.15, 0.2) is 72.2 Å². The van der Waals surface area contributed by atoms with E-state index in [1.54, 1.807) is 22.3 Å². The molecular formula is C24H24N4OS. The van der Waals surface area contributed by atoms with Gasteiger partial charge in [-0.15, -0.1) is 11.3 Å². The Bertz CT molecular complexity index is 1160. The first-order valence-corrected chi connectivity index (χ1v) is 11.1. The highest BCUT2D eigenvalue weighted by Crippen LogP contribution is 2.29. The van der Waals surface area contributed by atoms with Crippen molar-refractivity contribution in [3.05, 3.63) is 82.8 Å². The summed E-state index contributed by atoms with van der Waals surface area (Å²) in [5.41, 5.74) is 10.9. The second kappa shape index (κ2) is 7.70. The smallest absolute Gasteiger partial charge is 0.255 e. The standard InChI is InChI=1S/C24H24N4OS/c1-16-26-22-8-5-18(13-23(22)30-16)17-3-2-4-20-6-7-21(15-28(20)24(29)14-17)27-11-9-19(25)10-12-27/h2-8,13-15,19H,9-12,25H2,1H3/b3-2+,17-14+,20-4+. The number of carbonyl (C=O) groups excluding carboxylic acids is 1. The normalized spacial score (nSPS) is 24.5. The molecule has 1 aromatic heterocycles. The lowest BCUT2D eigenvalue weighted by Crippen LogP contribution is -2.40. The predicted molar refractivity (Wildman–Crippen MR) is 122 cm³/mol. The predicted octanol–water partition coefficient (Wildman–Crippen LogP) is 4.10. The van der Waals surface area contributed by atoms with E-state index in [0.29, 0.717) is 0 Å². The molecule has 3 aliphatic heterocycles. The summed E-state index contributed by atoms with van der Waals surface area (Å²) in [6.07, 6.45) is 15.7. The van der Waals surface area contributed by atoms with E-state index in [4.69, 9.17) is 5.73 Å². The van der Waals surface area contributed by atoms with Crippen molar-refractivity contribution in [2.75, 3.05) is 13.1 Å². The number of hydrogen-bond acceptors (Lipinski definition) is 5. The molecular weight excluding hydrogens is 392 g/mol. The number of aryl methyl sites for hydroxylation is 1. The topological polar surface area (TPSA) is 62.5 Å². The van der Waals surface area contributed by atoms with Gasteiger partial charge in [-0.25, -0.2) is 4.98 Å². The number of nitrogens with zero attached hydrogens (tertiary/aromatic N) is 3. The van der Waals surface area contributed by atoms with Crippen LogP contribution in [0.4, 0.5) is 0 Å². The number of thiazole rings is 1. The van der Waals surface area contributed by atoms with Crippen molar-refractivity contribution < 1.29 is 4.79 Å². The number of rotatable bonds is 2. The highest BCUT2D eigenvalue weighted by atomic mass is 32.1. The van der Waals surface area contributed by atoms with Crippen molar-refractivity contribution in [2.24, 2.45) is 5.73 Å². The van der Waals surface area contributed by atoms with E-state index in [1.165, 1.54) is 0 Å². The molecule has 1 fully saturated rings. The molecule has 2 N–H and O–H groups in total. The van der Waals surface area contributed by atoms with Gasteiger partial charge in [0.15, 0.2) is 0 Å². The summed E-state index contributed by atoms with van der Waals surface area (Å²) < 4.78 is 1.14. The van der Waals surface area contributed by atoms with Crippen molar-refractivity contribution in [3.63, 3.8) is 0 Å². The summed E-state index contributed by atoms with van der Waals surface area (Å²) in [4.78, 5) is 21.8. The Hall–Kier alpha value is -2.96. The molecule has 0 saturated carbocycles. The van der Waals surface area contributed by atoms with Gasteiger partial charge in [-0.05, 0) is 61.3 Å². The molecule has 1 saturated heterocycles. The summed E-state index contributed by atoms with van der Waals surface area (Å²) in [5, 5.41) is 1.05. The van der Waals surface area contributed by atoms with Crippen molar-refractivity contribution in [1.29, 1.82) is 0 Å². The van der Waals surface area contributed by atoms with Gasteiger partial charge in [0.05, 0.1) is 20.9 Å². The van der Waals surface area contributed by atoms with Crippen LogP contribution in [0.5, 0.6) is 0 Å². The molecule has 4 heterocycles.